The number of aliphatic carboxylic acids is 1. The molecule has 1 amide bonds. The molecule has 0 unspecified atom stereocenters. The maximum atomic E-state index is 10.5. The van der Waals surface area contributed by atoms with E-state index in [2.05, 4.69) is 5.32 Å². The Morgan fingerprint density at radius 3 is 2.53 bits per heavy atom. The van der Waals surface area contributed by atoms with Crippen molar-refractivity contribution >= 4 is 24.0 Å². The van der Waals surface area contributed by atoms with E-state index in [1.807, 2.05) is 0 Å². The predicted octanol–water partition coefficient (Wildman–Crippen LogP) is 1.60. The maximum absolute atomic E-state index is 10.5. The number of carbonyl (C=O) groups excluding carboxylic acids is 1. The first kappa shape index (κ1) is 11.5. The summed E-state index contributed by atoms with van der Waals surface area (Å²) < 4.78 is 0. The minimum atomic E-state index is -0.968. The van der Waals surface area contributed by atoms with Gasteiger partial charge in [0.15, 0.2) is 0 Å². The SMILES string of the molecule is O=CN[C@H](CC(=O)O)c1ccc(Cl)cc1. The molecule has 0 aliphatic rings. The van der Waals surface area contributed by atoms with Crippen molar-refractivity contribution < 1.29 is 14.7 Å². The first-order valence-corrected chi connectivity index (χ1v) is 4.68. The summed E-state index contributed by atoms with van der Waals surface area (Å²) in [6.07, 6.45) is 0.336. The highest BCUT2D eigenvalue weighted by Gasteiger charge is 2.14. The number of hydrogen-bond acceptors (Lipinski definition) is 2. The molecule has 1 atom stereocenters. The van der Waals surface area contributed by atoms with E-state index >= 15 is 0 Å². The normalized spacial score (nSPS) is 11.8. The third kappa shape index (κ3) is 3.59. The largest absolute Gasteiger partial charge is 0.481 e. The van der Waals surface area contributed by atoms with Crippen molar-refractivity contribution in [2.75, 3.05) is 0 Å². The molecule has 1 rings (SSSR count). The highest BCUT2D eigenvalue weighted by Crippen LogP contribution is 2.18. The standard InChI is InChI=1S/C10H10ClNO3/c11-8-3-1-7(2-4-8)9(12-6-13)5-10(14)15/h1-4,6,9H,5H2,(H,12,13)(H,14,15)/t9-/m1/s1. The molecule has 5 heteroatoms. The molecule has 0 aliphatic heterocycles. The summed E-state index contributed by atoms with van der Waals surface area (Å²) in [5.41, 5.74) is 0.717. The Balaban J connectivity index is 2.83. The molecule has 0 saturated carbocycles. The molecular formula is C10H10ClNO3. The maximum Gasteiger partial charge on any atom is 0.305 e. The lowest BCUT2D eigenvalue weighted by molar-refractivity contribution is -0.137. The highest BCUT2D eigenvalue weighted by atomic mass is 35.5. The third-order valence-electron chi connectivity index (χ3n) is 1.92. The van der Waals surface area contributed by atoms with Gasteiger partial charge in [0, 0.05) is 5.02 Å². The quantitative estimate of drug-likeness (QED) is 0.751. The van der Waals surface area contributed by atoms with Crippen LogP contribution in [0, 0.1) is 0 Å². The Labute approximate surface area is 91.9 Å². The lowest BCUT2D eigenvalue weighted by Gasteiger charge is -2.13. The van der Waals surface area contributed by atoms with Crippen molar-refractivity contribution in [2.45, 2.75) is 12.5 Å². The number of halogens is 1. The van der Waals surface area contributed by atoms with Gasteiger partial charge in [0.1, 0.15) is 0 Å². The van der Waals surface area contributed by atoms with Crippen LogP contribution in [0.15, 0.2) is 24.3 Å². The van der Waals surface area contributed by atoms with Gasteiger partial charge < -0.3 is 10.4 Å². The van der Waals surface area contributed by atoms with Crippen LogP contribution >= 0.6 is 11.6 Å². The molecule has 0 aliphatic carbocycles. The number of carboxylic acid groups (broad SMARTS) is 1. The number of carboxylic acids is 1. The number of amides is 1. The molecule has 1 aromatic rings. The van der Waals surface area contributed by atoms with Crippen molar-refractivity contribution in [2.24, 2.45) is 0 Å². The molecule has 80 valence electrons. The van der Waals surface area contributed by atoms with Crippen molar-refractivity contribution in [1.29, 1.82) is 0 Å². The fraction of sp³-hybridized carbons (Fsp3) is 0.200. The zero-order chi connectivity index (χ0) is 11.3. The van der Waals surface area contributed by atoms with E-state index < -0.39 is 12.0 Å². The predicted molar refractivity (Wildman–Crippen MR) is 55.6 cm³/mol. The van der Waals surface area contributed by atoms with E-state index in [9.17, 15) is 9.59 Å². The van der Waals surface area contributed by atoms with Gasteiger partial charge in [-0.15, -0.1) is 0 Å². The lowest BCUT2D eigenvalue weighted by Crippen LogP contribution is -2.22. The van der Waals surface area contributed by atoms with Crippen LogP contribution in [0.25, 0.3) is 0 Å². The van der Waals surface area contributed by atoms with Gasteiger partial charge in [0.05, 0.1) is 12.5 Å². The van der Waals surface area contributed by atoms with Crippen molar-refractivity contribution in [1.82, 2.24) is 5.32 Å². The first-order valence-electron chi connectivity index (χ1n) is 4.30. The van der Waals surface area contributed by atoms with Gasteiger partial charge in [0.2, 0.25) is 6.41 Å². The molecule has 1 aromatic carbocycles. The summed E-state index contributed by atoms with van der Waals surface area (Å²) in [4.78, 5) is 20.8. The molecule has 0 aromatic heterocycles. The summed E-state index contributed by atoms with van der Waals surface area (Å²) in [5.74, 6) is -0.968. The minimum absolute atomic E-state index is 0.152. The Kier molecular flexibility index (Phi) is 4.12. The van der Waals surface area contributed by atoms with Crippen LogP contribution in [-0.2, 0) is 9.59 Å². The Morgan fingerprint density at radius 2 is 2.07 bits per heavy atom. The zero-order valence-corrected chi connectivity index (χ0v) is 8.57. The summed E-state index contributed by atoms with van der Waals surface area (Å²) in [7, 11) is 0. The second kappa shape index (κ2) is 5.36. The number of hydrogen-bond donors (Lipinski definition) is 2. The fourth-order valence-electron chi connectivity index (χ4n) is 1.22. The lowest BCUT2D eigenvalue weighted by atomic mass is 10.0. The molecule has 0 radical (unpaired) electrons. The summed E-state index contributed by atoms with van der Waals surface area (Å²) in [6.45, 7) is 0. The number of carbonyl (C=O) groups is 2. The molecule has 0 fully saturated rings. The first-order chi connectivity index (χ1) is 7.13. The van der Waals surface area contributed by atoms with Crippen molar-refractivity contribution in [3.8, 4) is 0 Å². The average Bonchev–Trinajstić information content (AvgIpc) is 2.17. The second-order valence-corrected chi connectivity index (χ2v) is 3.42. The smallest absolute Gasteiger partial charge is 0.305 e. The van der Waals surface area contributed by atoms with E-state index in [4.69, 9.17) is 16.7 Å². The molecule has 4 nitrogen and oxygen atoms in total. The van der Waals surface area contributed by atoms with E-state index in [-0.39, 0.29) is 6.42 Å². The topological polar surface area (TPSA) is 66.4 Å². The molecule has 2 N–H and O–H groups in total. The number of nitrogens with one attached hydrogen (secondary N) is 1. The van der Waals surface area contributed by atoms with E-state index in [1.54, 1.807) is 24.3 Å². The Bertz CT molecular complexity index is 350. The molecule has 0 saturated heterocycles. The average molecular weight is 228 g/mol. The zero-order valence-electron chi connectivity index (χ0n) is 7.81. The Morgan fingerprint density at radius 1 is 1.47 bits per heavy atom. The Hall–Kier alpha value is -1.55. The van der Waals surface area contributed by atoms with Crippen LogP contribution in [0.2, 0.25) is 5.02 Å². The van der Waals surface area contributed by atoms with Gasteiger partial charge in [-0.2, -0.15) is 0 Å². The number of rotatable bonds is 5. The second-order valence-electron chi connectivity index (χ2n) is 2.99. The molecule has 0 bridgehead atoms. The van der Waals surface area contributed by atoms with E-state index in [0.717, 1.165) is 0 Å². The van der Waals surface area contributed by atoms with Crippen LogP contribution < -0.4 is 5.32 Å². The van der Waals surface area contributed by atoms with Gasteiger partial charge in [-0.25, -0.2) is 0 Å². The monoisotopic (exact) mass is 227 g/mol. The highest BCUT2D eigenvalue weighted by molar-refractivity contribution is 6.30. The summed E-state index contributed by atoms with van der Waals surface area (Å²) >= 11 is 5.69. The van der Waals surface area contributed by atoms with Crippen LogP contribution in [0.1, 0.15) is 18.0 Å². The molecular weight excluding hydrogens is 218 g/mol. The van der Waals surface area contributed by atoms with Crippen molar-refractivity contribution in [3.05, 3.63) is 34.9 Å². The van der Waals surface area contributed by atoms with Crippen molar-refractivity contribution in [3.63, 3.8) is 0 Å². The molecule has 0 spiro atoms. The van der Waals surface area contributed by atoms with Gasteiger partial charge in [-0.3, -0.25) is 9.59 Å². The summed E-state index contributed by atoms with van der Waals surface area (Å²) in [6, 6.07) is 6.16. The minimum Gasteiger partial charge on any atom is -0.481 e. The van der Waals surface area contributed by atoms with E-state index in [1.165, 1.54) is 0 Å². The third-order valence-corrected chi connectivity index (χ3v) is 2.17. The fourth-order valence-corrected chi connectivity index (χ4v) is 1.35. The van der Waals surface area contributed by atoms with E-state index in [0.29, 0.717) is 17.0 Å². The number of benzene rings is 1. The van der Waals surface area contributed by atoms with Crippen LogP contribution in [-0.4, -0.2) is 17.5 Å². The van der Waals surface area contributed by atoms with Gasteiger partial charge >= 0.3 is 5.97 Å². The molecule has 0 heterocycles. The van der Waals surface area contributed by atoms with Crippen LogP contribution in [0.5, 0.6) is 0 Å². The van der Waals surface area contributed by atoms with Crippen LogP contribution in [0.3, 0.4) is 0 Å². The molecule has 15 heavy (non-hydrogen) atoms. The van der Waals surface area contributed by atoms with Gasteiger partial charge in [-0.05, 0) is 17.7 Å². The summed E-state index contributed by atoms with van der Waals surface area (Å²) in [5, 5.41) is 11.7. The van der Waals surface area contributed by atoms with Crippen LogP contribution in [0.4, 0.5) is 0 Å². The van der Waals surface area contributed by atoms with Gasteiger partial charge in [-0.1, -0.05) is 23.7 Å². The van der Waals surface area contributed by atoms with Gasteiger partial charge in [0.25, 0.3) is 0 Å².